The van der Waals surface area contributed by atoms with E-state index in [1.54, 1.807) is 24.3 Å². The molecular weight excluding hydrogens is 452 g/mol. The largest absolute Gasteiger partial charge is 0.484 e. The van der Waals surface area contributed by atoms with Crippen LogP contribution < -0.4 is 9.64 Å². The molecule has 4 aromatic rings. The van der Waals surface area contributed by atoms with E-state index < -0.39 is 0 Å². The number of fused-ring (bicyclic) bond motifs is 1. The van der Waals surface area contributed by atoms with E-state index in [0.29, 0.717) is 42.7 Å². The van der Waals surface area contributed by atoms with E-state index in [1.165, 1.54) is 11.9 Å². The predicted molar refractivity (Wildman–Crippen MR) is 131 cm³/mol. The lowest BCUT2D eigenvalue weighted by Crippen LogP contribution is -2.50. The van der Waals surface area contributed by atoms with E-state index in [0.717, 1.165) is 23.5 Å². The van der Waals surface area contributed by atoms with Gasteiger partial charge in [0.15, 0.2) is 6.61 Å². The minimum absolute atomic E-state index is 0.0126. The van der Waals surface area contributed by atoms with Crippen molar-refractivity contribution < 1.29 is 9.53 Å². The zero-order valence-corrected chi connectivity index (χ0v) is 19.6. The van der Waals surface area contributed by atoms with Gasteiger partial charge in [0.2, 0.25) is 0 Å². The number of benzene rings is 2. The van der Waals surface area contributed by atoms with Gasteiger partial charge in [0.25, 0.3) is 11.7 Å². The highest BCUT2D eigenvalue weighted by molar-refractivity contribution is 6.30. The molecular formula is C25H25ClN6O2. The standard InChI is InChI=1S/C25H25ClN6O2/c1-18-22(14-19-6-3-2-4-7-19)24(32-25(29-18)27-17-28-32)31-12-10-30(11-13-31)23(33)16-34-21-9-5-8-20(26)15-21/h2-9,15,17H,10-14,16H2,1H3. The lowest BCUT2D eigenvalue weighted by atomic mass is 10.0. The number of aryl methyl sites for hydroxylation is 1. The number of amides is 1. The highest BCUT2D eigenvalue weighted by Gasteiger charge is 2.26. The maximum Gasteiger partial charge on any atom is 0.260 e. The van der Waals surface area contributed by atoms with Gasteiger partial charge in [0.05, 0.1) is 0 Å². The van der Waals surface area contributed by atoms with Crippen molar-refractivity contribution in [2.75, 3.05) is 37.7 Å². The Kier molecular flexibility index (Phi) is 6.31. The molecule has 34 heavy (non-hydrogen) atoms. The summed E-state index contributed by atoms with van der Waals surface area (Å²) in [5, 5.41) is 5.03. The fourth-order valence-electron chi connectivity index (χ4n) is 4.26. The molecule has 2 aromatic heterocycles. The summed E-state index contributed by atoms with van der Waals surface area (Å²) in [5.41, 5.74) is 3.26. The molecule has 2 aromatic carbocycles. The van der Waals surface area contributed by atoms with Crippen molar-refractivity contribution in [1.29, 1.82) is 0 Å². The zero-order chi connectivity index (χ0) is 23.5. The van der Waals surface area contributed by atoms with E-state index in [1.807, 2.05) is 34.5 Å². The van der Waals surface area contributed by atoms with Crippen molar-refractivity contribution >= 4 is 29.1 Å². The summed E-state index contributed by atoms with van der Waals surface area (Å²) in [7, 11) is 0. The van der Waals surface area contributed by atoms with Gasteiger partial charge in [-0.25, -0.2) is 4.98 Å². The van der Waals surface area contributed by atoms with Crippen molar-refractivity contribution in [1.82, 2.24) is 24.5 Å². The molecule has 0 atom stereocenters. The van der Waals surface area contributed by atoms with Crippen LogP contribution in [0.5, 0.6) is 5.75 Å². The molecule has 1 aliphatic rings. The third-order valence-corrected chi connectivity index (χ3v) is 6.25. The molecule has 0 N–H and O–H groups in total. The van der Waals surface area contributed by atoms with Gasteiger partial charge in [-0.1, -0.05) is 48.0 Å². The first-order chi connectivity index (χ1) is 16.6. The van der Waals surface area contributed by atoms with Gasteiger partial charge in [-0.05, 0) is 30.7 Å². The van der Waals surface area contributed by atoms with Crippen LogP contribution in [-0.4, -0.2) is 63.2 Å². The summed E-state index contributed by atoms with van der Waals surface area (Å²) in [5.74, 6) is 2.12. The second kappa shape index (κ2) is 9.69. The van der Waals surface area contributed by atoms with Gasteiger partial charge >= 0.3 is 0 Å². The van der Waals surface area contributed by atoms with Gasteiger partial charge in [-0.2, -0.15) is 14.6 Å². The summed E-state index contributed by atoms with van der Waals surface area (Å²) in [4.78, 5) is 25.8. The third kappa shape index (κ3) is 4.68. The van der Waals surface area contributed by atoms with Crippen molar-refractivity contribution in [2.24, 2.45) is 0 Å². The Balaban J connectivity index is 1.32. The van der Waals surface area contributed by atoms with Gasteiger partial charge in [-0.15, -0.1) is 0 Å². The number of rotatable bonds is 6. The Morgan fingerprint density at radius 3 is 2.62 bits per heavy atom. The fraction of sp³-hybridized carbons (Fsp3) is 0.280. The number of ether oxygens (including phenoxy) is 1. The molecule has 0 bridgehead atoms. The first-order valence-corrected chi connectivity index (χ1v) is 11.6. The minimum Gasteiger partial charge on any atom is -0.484 e. The Labute approximate surface area is 202 Å². The zero-order valence-electron chi connectivity index (χ0n) is 18.9. The number of halogens is 1. The topological polar surface area (TPSA) is 75.9 Å². The highest BCUT2D eigenvalue weighted by atomic mass is 35.5. The summed E-state index contributed by atoms with van der Waals surface area (Å²) in [6, 6.07) is 17.4. The summed E-state index contributed by atoms with van der Waals surface area (Å²) in [6.07, 6.45) is 2.28. The number of hydrogen-bond acceptors (Lipinski definition) is 6. The van der Waals surface area contributed by atoms with Crippen molar-refractivity contribution in [3.8, 4) is 5.75 Å². The highest BCUT2D eigenvalue weighted by Crippen LogP contribution is 2.27. The normalized spacial score (nSPS) is 13.9. The van der Waals surface area contributed by atoms with Crippen molar-refractivity contribution in [3.05, 3.63) is 82.8 Å². The number of hydrogen-bond donors (Lipinski definition) is 0. The van der Waals surface area contributed by atoms with Crippen LogP contribution in [0.25, 0.3) is 5.78 Å². The lowest BCUT2D eigenvalue weighted by molar-refractivity contribution is -0.133. The van der Waals surface area contributed by atoms with E-state index in [2.05, 4.69) is 32.1 Å². The monoisotopic (exact) mass is 476 g/mol. The Morgan fingerprint density at radius 1 is 1.06 bits per heavy atom. The quantitative estimate of drug-likeness (QED) is 0.424. The molecule has 3 heterocycles. The van der Waals surface area contributed by atoms with Crippen molar-refractivity contribution in [2.45, 2.75) is 13.3 Å². The lowest BCUT2D eigenvalue weighted by Gasteiger charge is -2.37. The molecule has 0 saturated carbocycles. The Morgan fingerprint density at radius 2 is 1.85 bits per heavy atom. The summed E-state index contributed by atoms with van der Waals surface area (Å²) >= 11 is 5.99. The molecule has 1 aliphatic heterocycles. The first-order valence-electron chi connectivity index (χ1n) is 11.2. The van der Waals surface area contributed by atoms with E-state index in [-0.39, 0.29) is 12.5 Å². The van der Waals surface area contributed by atoms with Gasteiger partial charge in [0.1, 0.15) is 17.9 Å². The maximum absolute atomic E-state index is 12.7. The first kappa shape index (κ1) is 22.2. The number of carbonyl (C=O) groups is 1. The van der Waals surface area contributed by atoms with Crippen LogP contribution in [0.3, 0.4) is 0 Å². The van der Waals surface area contributed by atoms with Crippen LogP contribution in [0.1, 0.15) is 16.8 Å². The van der Waals surface area contributed by atoms with Gasteiger partial charge in [-0.3, -0.25) is 4.79 Å². The second-order valence-corrected chi connectivity index (χ2v) is 8.68. The number of carbonyl (C=O) groups excluding carboxylic acids is 1. The minimum atomic E-state index is -0.0408. The molecule has 5 rings (SSSR count). The number of nitrogens with zero attached hydrogens (tertiary/aromatic N) is 6. The van der Waals surface area contributed by atoms with E-state index >= 15 is 0 Å². The number of anilines is 1. The molecule has 1 saturated heterocycles. The van der Waals surface area contributed by atoms with Crippen LogP contribution in [0, 0.1) is 6.92 Å². The Hall–Kier alpha value is -3.65. The molecule has 1 fully saturated rings. The predicted octanol–water partition coefficient (Wildman–Crippen LogP) is 3.40. The summed E-state index contributed by atoms with van der Waals surface area (Å²) < 4.78 is 7.45. The molecule has 0 radical (unpaired) electrons. The van der Waals surface area contributed by atoms with Gasteiger partial charge < -0.3 is 14.5 Å². The van der Waals surface area contributed by atoms with Gasteiger partial charge in [0, 0.05) is 48.9 Å². The molecule has 1 amide bonds. The smallest absolute Gasteiger partial charge is 0.260 e. The Bertz CT molecular complexity index is 1300. The summed E-state index contributed by atoms with van der Waals surface area (Å²) in [6.45, 7) is 4.57. The fourth-order valence-corrected chi connectivity index (χ4v) is 4.44. The van der Waals surface area contributed by atoms with Crippen LogP contribution in [-0.2, 0) is 11.2 Å². The molecule has 0 unspecified atom stereocenters. The molecule has 9 heteroatoms. The SMILES string of the molecule is Cc1nc2ncnn2c(N2CCN(C(=O)COc3cccc(Cl)c3)CC2)c1Cc1ccccc1. The number of aromatic nitrogens is 4. The van der Waals surface area contributed by atoms with E-state index in [9.17, 15) is 4.79 Å². The molecule has 0 spiro atoms. The van der Waals surface area contributed by atoms with Crippen molar-refractivity contribution in [3.63, 3.8) is 0 Å². The third-order valence-electron chi connectivity index (χ3n) is 6.02. The van der Waals surface area contributed by atoms with E-state index in [4.69, 9.17) is 16.3 Å². The van der Waals surface area contributed by atoms with Crippen LogP contribution in [0.15, 0.2) is 60.9 Å². The van der Waals surface area contributed by atoms with Crippen LogP contribution >= 0.6 is 11.6 Å². The maximum atomic E-state index is 12.7. The molecule has 174 valence electrons. The average molecular weight is 477 g/mol. The molecule has 0 aliphatic carbocycles. The molecule has 8 nitrogen and oxygen atoms in total. The van der Waals surface area contributed by atoms with Crippen LogP contribution in [0.2, 0.25) is 5.02 Å². The average Bonchev–Trinajstić information content (AvgIpc) is 3.32. The number of piperazine rings is 1. The second-order valence-electron chi connectivity index (χ2n) is 8.25. The van der Waals surface area contributed by atoms with Crippen LogP contribution in [0.4, 0.5) is 5.82 Å².